The van der Waals surface area contributed by atoms with E-state index in [-0.39, 0.29) is 0 Å². The van der Waals surface area contributed by atoms with Gasteiger partial charge in [-0.05, 0) is 60.6 Å². The topological polar surface area (TPSA) is 46.8 Å². The van der Waals surface area contributed by atoms with Crippen molar-refractivity contribution in [3.8, 4) is 5.69 Å². The van der Waals surface area contributed by atoms with E-state index in [2.05, 4.69) is 20.4 Å². The molecule has 94 valence electrons. The van der Waals surface area contributed by atoms with Crippen LogP contribution in [0.25, 0.3) is 5.69 Å². The minimum absolute atomic E-state index is 0.716. The summed E-state index contributed by atoms with van der Waals surface area (Å²) in [4.78, 5) is 2.37. The van der Waals surface area contributed by atoms with Crippen LogP contribution in [-0.4, -0.2) is 38.2 Å². The van der Waals surface area contributed by atoms with E-state index in [0.29, 0.717) is 5.02 Å². The molecule has 1 aliphatic rings. The van der Waals surface area contributed by atoms with Gasteiger partial charge in [-0.1, -0.05) is 11.6 Å². The van der Waals surface area contributed by atoms with E-state index in [1.165, 1.54) is 12.8 Å². The molecule has 0 radical (unpaired) electrons. The molecule has 2 aromatic rings. The van der Waals surface area contributed by atoms with Gasteiger partial charge >= 0.3 is 0 Å². The van der Waals surface area contributed by atoms with Crippen molar-refractivity contribution in [2.24, 2.45) is 0 Å². The Balaban J connectivity index is 1.84. The summed E-state index contributed by atoms with van der Waals surface area (Å²) in [7, 11) is 0. The van der Waals surface area contributed by atoms with Crippen LogP contribution in [0, 0.1) is 0 Å². The van der Waals surface area contributed by atoms with E-state index >= 15 is 0 Å². The second-order valence-corrected chi connectivity index (χ2v) is 4.90. The zero-order valence-electron chi connectivity index (χ0n) is 9.96. The molecule has 0 N–H and O–H groups in total. The van der Waals surface area contributed by atoms with Gasteiger partial charge in [0.25, 0.3) is 0 Å². The van der Waals surface area contributed by atoms with Gasteiger partial charge in [-0.3, -0.25) is 4.90 Å². The number of likely N-dealkylation sites (tertiary alicyclic amines) is 1. The van der Waals surface area contributed by atoms with Crippen molar-refractivity contribution in [2.75, 3.05) is 13.1 Å². The summed E-state index contributed by atoms with van der Waals surface area (Å²) in [5.41, 5.74) is 0.943. The number of rotatable bonds is 3. The summed E-state index contributed by atoms with van der Waals surface area (Å²) in [5.74, 6) is 0.874. The number of tetrazole rings is 1. The lowest BCUT2D eigenvalue weighted by molar-refractivity contribution is 0.319. The lowest BCUT2D eigenvalue weighted by Gasteiger charge is -2.13. The molecule has 1 fully saturated rings. The summed E-state index contributed by atoms with van der Waals surface area (Å²) in [5, 5.41) is 12.6. The second-order valence-electron chi connectivity index (χ2n) is 4.47. The van der Waals surface area contributed by atoms with Crippen LogP contribution in [-0.2, 0) is 6.54 Å². The van der Waals surface area contributed by atoms with Gasteiger partial charge in [0.2, 0.25) is 0 Å². The van der Waals surface area contributed by atoms with Gasteiger partial charge in [0.15, 0.2) is 5.82 Å². The SMILES string of the molecule is Clc1ccc(-n2nnnc2CN2CCCC2)cc1. The first-order valence-corrected chi connectivity index (χ1v) is 6.46. The van der Waals surface area contributed by atoms with E-state index in [9.17, 15) is 0 Å². The predicted molar refractivity (Wildman–Crippen MR) is 68.7 cm³/mol. The molecular weight excluding hydrogens is 250 g/mol. The van der Waals surface area contributed by atoms with Crippen LogP contribution in [0.5, 0.6) is 0 Å². The first-order chi connectivity index (χ1) is 8.83. The molecule has 0 spiro atoms. The zero-order chi connectivity index (χ0) is 12.4. The highest BCUT2D eigenvalue weighted by Gasteiger charge is 2.16. The van der Waals surface area contributed by atoms with Crippen molar-refractivity contribution >= 4 is 11.6 Å². The molecule has 18 heavy (non-hydrogen) atoms. The summed E-state index contributed by atoms with van der Waals surface area (Å²) in [6, 6.07) is 7.54. The molecule has 1 aromatic carbocycles. The number of hydrogen-bond acceptors (Lipinski definition) is 4. The molecule has 3 rings (SSSR count). The number of aromatic nitrogens is 4. The molecule has 0 amide bonds. The summed E-state index contributed by atoms with van der Waals surface area (Å²) in [6.07, 6.45) is 2.53. The van der Waals surface area contributed by atoms with Gasteiger partial charge in [0, 0.05) is 5.02 Å². The Morgan fingerprint density at radius 1 is 1.11 bits per heavy atom. The largest absolute Gasteiger partial charge is 0.296 e. The molecular formula is C12H14ClN5. The third-order valence-corrected chi connectivity index (χ3v) is 3.42. The van der Waals surface area contributed by atoms with Gasteiger partial charge in [-0.2, -0.15) is 4.68 Å². The van der Waals surface area contributed by atoms with Crippen molar-refractivity contribution in [1.82, 2.24) is 25.1 Å². The third-order valence-electron chi connectivity index (χ3n) is 3.17. The third kappa shape index (κ3) is 2.37. The minimum atomic E-state index is 0.716. The number of benzene rings is 1. The van der Waals surface area contributed by atoms with E-state index in [1.807, 2.05) is 24.3 Å². The Labute approximate surface area is 110 Å². The summed E-state index contributed by atoms with van der Waals surface area (Å²) < 4.78 is 1.77. The van der Waals surface area contributed by atoms with Gasteiger partial charge in [0.1, 0.15) is 0 Å². The normalized spacial score (nSPS) is 16.3. The van der Waals surface area contributed by atoms with Gasteiger partial charge in [-0.15, -0.1) is 5.10 Å². The van der Waals surface area contributed by atoms with E-state index in [0.717, 1.165) is 31.1 Å². The number of hydrogen-bond donors (Lipinski definition) is 0. The van der Waals surface area contributed by atoms with Crippen molar-refractivity contribution in [3.05, 3.63) is 35.1 Å². The van der Waals surface area contributed by atoms with E-state index < -0.39 is 0 Å². The van der Waals surface area contributed by atoms with Crippen LogP contribution in [0.2, 0.25) is 5.02 Å². The Bertz CT molecular complexity index is 516. The maximum Gasteiger partial charge on any atom is 0.170 e. The molecule has 0 saturated carbocycles. The smallest absolute Gasteiger partial charge is 0.170 e. The van der Waals surface area contributed by atoms with Crippen LogP contribution in [0.4, 0.5) is 0 Å². The lowest BCUT2D eigenvalue weighted by Crippen LogP contribution is -2.21. The Morgan fingerprint density at radius 2 is 1.83 bits per heavy atom. The average molecular weight is 264 g/mol. The van der Waals surface area contributed by atoms with Gasteiger partial charge < -0.3 is 0 Å². The maximum atomic E-state index is 5.88. The molecule has 0 aliphatic carbocycles. The fourth-order valence-electron chi connectivity index (χ4n) is 2.23. The fraction of sp³-hybridized carbons (Fsp3) is 0.417. The van der Waals surface area contributed by atoms with E-state index in [1.54, 1.807) is 4.68 Å². The van der Waals surface area contributed by atoms with Crippen LogP contribution in [0.3, 0.4) is 0 Å². The summed E-state index contributed by atoms with van der Waals surface area (Å²) in [6.45, 7) is 3.07. The minimum Gasteiger partial charge on any atom is -0.296 e. The average Bonchev–Trinajstić information content (AvgIpc) is 3.02. The highest BCUT2D eigenvalue weighted by atomic mass is 35.5. The fourth-order valence-corrected chi connectivity index (χ4v) is 2.35. The monoisotopic (exact) mass is 263 g/mol. The predicted octanol–water partition coefficient (Wildman–Crippen LogP) is 1.91. The Kier molecular flexibility index (Phi) is 3.25. The highest BCUT2D eigenvalue weighted by molar-refractivity contribution is 6.30. The molecule has 1 saturated heterocycles. The van der Waals surface area contributed by atoms with Crippen molar-refractivity contribution in [3.63, 3.8) is 0 Å². The van der Waals surface area contributed by atoms with Crippen LogP contribution >= 0.6 is 11.6 Å². The van der Waals surface area contributed by atoms with E-state index in [4.69, 9.17) is 11.6 Å². The van der Waals surface area contributed by atoms with Crippen LogP contribution in [0.15, 0.2) is 24.3 Å². The molecule has 2 heterocycles. The van der Waals surface area contributed by atoms with Crippen molar-refractivity contribution in [1.29, 1.82) is 0 Å². The first kappa shape index (κ1) is 11.6. The number of halogens is 1. The zero-order valence-corrected chi connectivity index (χ0v) is 10.7. The molecule has 1 aliphatic heterocycles. The molecule has 5 nitrogen and oxygen atoms in total. The lowest BCUT2D eigenvalue weighted by atomic mass is 10.3. The molecule has 1 aromatic heterocycles. The quantitative estimate of drug-likeness (QED) is 0.849. The van der Waals surface area contributed by atoms with Crippen LogP contribution < -0.4 is 0 Å². The molecule has 6 heteroatoms. The molecule has 0 bridgehead atoms. The van der Waals surface area contributed by atoms with Gasteiger partial charge in [0.05, 0.1) is 12.2 Å². The molecule has 0 unspecified atom stereocenters. The van der Waals surface area contributed by atoms with Crippen LogP contribution in [0.1, 0.15) is 18.7 Å². The van der Waals surface area contributed by atoms with Gasteiger partial charge in [-0.25, -0.2) is 0 Å². The Hall–Kier alpha value is -1.46. The number of nitrogens with zero attached hydrogens (tertiary/aromatic N) is 5. The van der Waals surface area contributed by atoms with Crippen molar-refractivity contribution in [2.45, 2.75) is 19.4 Å². The maximum absolute atomic E-state index is 5.88. The highest BCUT2D eigenvalue weighted by Crippen LogP contribution is 2.15. The first-order valence-electron chi connectivity index (χ1n) is 6.08. The molecule has 0 atom stereocenters. The Morgan fingerprint density at radius 3 is 2.56 bits per heavy atom. The standard InChI is InChI=1S/C12H14ClN5/c13-10-3-5-11(6-4-10)18-12(14-15-16-18)9-17-7-1-2-8-17/h3-6H,1-2,7-9H2. The second kappa shape index (κ2) is 5.04. The van der Waals surface area contributed by atoms with Crippen molar-refractivity contribution < 1.29 is 0 Å². The summed E-state index contributed by atoms with van der Waals surface area (Å²) >= 11 is 5.88.